The average Bonchev–Trinajstić information content (AvgIpc) is 1.84. The molecule has 0 unspecified atom stereocenters. The highest BCUT2D eigenvalue weighted by Crippen LogP contribution is 1.87. The molecule has 0 radical (unpaired) electrons. The van der Waals surface area contributed by atoms with Gasteiger partial charge in [0.2, 0.25) is 10.0 Å². The van der Waals surface area contributed by atoms with Crippen LogP contribution in [0.4, 0.5) is 0 Å². The lowest BCUT2D eigenvalue weighted by Crippen LogP contribution is -2.30. The molecule has 0 aromatic heterocycles. The molecule has 0 aromatic rings. The minimum Gasteiger partial charge on any atom is -0.480 e. The maximum Gasteiger partial charge on any atom is 0.320 e. The molecule has 0 bridgehead atoms. The van der Waals surface area contributed by atoms with Gasteiger partial charge in [0.15, 0.2) is 5.75 Å². The summed E-state index contributed by atoms with van der Waals surface area (Å²) in [5, 5.41) is 8.19. The molecule has 0 saturated carbocycles. The number of sulfonamides is 1. The molecule has 72 valence electrons. The summed E-state index contributed by atoms with van der Waals surface area (Å²) in [7, 11) is -3.60. The number of carboxylic acids is 1. The summed E-state index contributed by atoms with van der Waals surface area (Å²) in [6.45, 7) is 2.23. The van der Waals surface area contributed by atoms with Crippen LogP contribution in [-0.2, 0) is 14.8 Å². The first-order chi connectivity index (χ1) is 5.48. The van der Waals surface area contributed by atoms with Crippen molar-refractivity contribution in [1.29, 1.82) is 0 Å². The highest BCUT2D eigenvalue weighted by molar-refractivity contribution is 7.90. The normalized spacial score (nSPS) is 11.4. The van der Waals surface area contributed by atoms with E-state index in [1.54, 1.807) is 0 Å². The van der Waals surface area contributed by atoms with Crippen LogP contribution in [0.2, 0.25) is 0 Å². The van der Waals surface area contributed by atoms with Crippen LogP contribution in [0.3, 0.4) is 0 Å². The Kier molecular flexibility index (Phi) is 4.84. The van der Waals surface area contributed by atoms with Gasteiger partial charge in [0, 0.05) is 6.54 Å². The van der Waals surface area contributed by atoms with E-state index in [1.807, 2.05) is 6.92 Å². The molecule has 0 aliphatic heterocycles. The Balaban J connectivity index is 3.81. The molecular formula is C6H13NO4S. The predicted molar refractivity (Wildman–Crippen MR) is 44.3 cm³/mol. The third-order valence-electron chi connectivity index (χ3n) is 1.17. The van der Waals surface area contributed by atoms with Gasteiger partial charge in [-0.3, -0.25) is 4.79 Å². The SMILES string of the molecule is CCCCNS(=O)(=O)CC(=O)O. The summed E-state index contributed by atoms with van der Waals surface area (Å²) in [5.74, 6) is -2.18. The number of nitrogens with one attached hydrogen (secondary N) is 1. The molecule has 0 heterocycles. The van der Waals surface area contributed by atoms with Crippen molar-refractivity contribution in [3.8, 4) is 0 Å². The number of unbranched alkanes of at least 4 members (excludes halogenated alkanes) is 1. The van der Waals surface area contributed by atoms with Gasteiger partial charge in [-0.1, -0.05) is 13.3 Å². The molecule has 0 amide bonds. The van der Waals surface area contributed by atoms with Gasteiger partial charge in [0.05, 0.1) is 0 Å². The fourth-order valence-corrected chi connectivity index (χ4v) is 1.50. The number of carboxylic acid groups (broad SMARTS) is 1. The topological polar surface area (TPSA) is 83.5 Å². The van der Waals surface area contributed by atoms with Crippen molar-refractivity contribution in [2.75, 3.05) is 12.3 Å². The first-order valence-electron chi connectivity index (χ1n) is 3.67. The number of hydrogen-bond acceptors (Lipinski definition) is 3. The minimum absolute atomic E-state index is 0.312. The fourth-order valence-electron chi connectivity index (χ4n) is 0.618. The Morgan fingerprint density at radius 2 is 2.08 bits per heavy atom. The monoisotopic (exact) mass is 195 g/mol. The summed E-state index contributed by atoms with van der Waals surface area (Å²) in [5.41, 5.74) is 0. The van der Waals surface area contributed by atoms with Gasteiger partial charge >= 0.3 is 5.97 Å². The molecule has 5 nitrogen and oxygen atoms in total. The molecule has 0 aliphatic carbocycles. The summed E-state index contributed by atoms with van der Waals surface area (Å²) in [6, 6.07) is 0. The fraction of sp³-hybridized carbons (Fsp3) is 0.833. The zero-order chi connectivity index (χ0) is 9.61. The second kappa shape index (κ2) is 5.10. The van der Waals surface area contributed by atoms with Crippen molar-refractivity contribution in [3.63, 3.8) is 0 Å². The lowest BCUT2D eigenvalue weighted by atomic mass is 10.3. The van der Waals surface area contributed by atoms with E-state index in [9.17, 15) is 13.2 Å². The van der Waals surface area contributed by atoms with E-state index in [4.69, 9.17) is 5.11 Å². The molecule has 2 N–H and O–H groups in total. The predicted octanol–water partition coefficient (Wildman–Crippen LogP) is -0.210. The van der Waals surface area contributed by atoms with Crippen molar-refractivity contribution in [2.45, 2.75) is 19.8 Å². The van der Waals surface area contributed by atoms with E-state index in [2.05, 4.69) is 4.72 Å². The minimum atomic E-state index is -3.60. The Hall–Kier alpha value is -0.620. The standard InChI is InChI=1S/C6H13NO4S/c1-2-3-4-7-12(10,11)5-6(8)9/h7H,2-5H2,1H3,(H,8,9). The molecule has 0 atom stereocenters. The lowest BCUT2D eigenvalue weighted by molar-refractivity contribution is -0.134. The van der Waals surface area contributed by atoms with Crippen molar-refractivity contribution in [3.05, 3.63) is 0 Å². The van der Waals surface area contributed by atoms with Crippen molar-refractivity contribution in [1.82, 2.24) is 4.72 Å². The Morgan fingerprint density at radius 1 is 1.50 bits per heavy atom. The van der Waals surface area contributed by atoms with Crippen molar-refractivity contribution >= 4 is 16.0 Å². The van der Waals surface area contributed by atoms with Crippen LogP contribution < -0.4 is 4.72 Å². The van der Waals surface area contributed by atoms with Gasteiger partial charge < -0.3 is 5.11 Å². The molecule has 0 spiro atoms. The highest BCUT2D eigenvalue weighted by Gasteiger charge is 2.13. The first-order valence-corrected chi connectivity index (χ1v) is 5.32. The zero-order valence-electron chi connectivity index (χ0n) is 6.91. The number of rotatable bonds is 6. The number of carbonyl (C=O) groups is 1. The van der Waals surface area contributed by atoms with Crippen molar-refractivity contribution in [2.24, 2.45) is 0 Å². The lowest BCUT2D eigenvalue weighted by Gasteiger charge is -2.01. The largest absolute Gasteiger partial charge is 0.480 e. The second-order valence-corrected chi connectivity index (χ2v) is 4.21. The molecule has 0 aromatic carbocycles. The zero-order valence-corrected chi connectivity index (χ0v) is 7.73. The van der Waals surface area contributed by atoms with Crippen LogP contribution in [-0.4, -0.2) is 31.8 Å². The summed E-state index contributed by atoms with van der Waals surface area (Å²) >= 11 is 0. The van der Waals surface area contributed by atoms with Crippen LogP contribution in [0.15, 0.2) is 0 Å². The van der Waals surface area contributed by atoms with E-state index in [-0.39, 0.29) is 0 Å². The van der Waals surface area contributed by atoms with Crippen LogP contribution in [0, 0.1) is 0 Å². The van der Waals surface area contributed by atoms with Gasteiger partial charge in [0.25, 0.3) is 0 Å². The molecule has 12 heavy (non-hydrogen) atoms. The summed E-state index contributed by atoms with van der Waals surface area (Å²) < 4.78 is 23.8. The third-order valence-corrected chi connectivity index (χ3v) is 2.44. The molecule has 0 fully saturated rings. The molecule has 0 saturated heterocycles. The van der Waals surface area contributed by atoms with Crippen molar-refractivity contribution < 1.29 is 18.3 Å². The maximum atomic E-state index is 10.8. The van der Waals surface area contributed by atoms with Crippen LogP contribution in [0.25, 0.3) is 0 Å². The van der Waals surface area contributed by atoms with Crippen LogP contribution in [0.5, 0.6) is 0 Å². The third kappa shape index (κ3) is 6.11. The summed E-state index contributed by atoms with van der Waals surface area (Å²) in [6.07, 6.45) is 1.59. The maximum absolute atomic E-state index is 10.8. The highest BCUT2D eigenvalue weighted by atomic mass is 32.2. The Labute approximate surface area is 71.8 Å². The van der Waals surface area contributed by atoms with Gasteiger partial charge in [-0.2, -0.15) is 0 Å². The van der Waals surface area contributed by atoms with E-state index < -0.39 is 21.7 Å². The van der Waals surface area contributed by atoms with E-state index in [1.165, 1.54) is 0 Å². The van der Waals surface area contributed by atoms with Crippen LogP contribution in [0.1, 0.15) is 19.8 Å². The van der Waals surface area contributed by atoms with E-state index >= 15 is 0 Å². The number of hydrogen-bond donors (Lipinski definition) is 2. The number of aliphatic carboxylic acids is 1. The molecule has 6 heteroatoms. The van der Waals surface area contributed by atoms with Gasteiger partial charge in [0.1, 0.15) is 0 Å². The van der Waals surface area contributed by atoms with Gasteiger partial charge in [-0.05, 0) is 6.42 Å². The van der Waals surface area contributed by atoms with E-state index in [0.717, 1.165) is 12.8 Å². The van der Waals surface area contributed by atoms with E-state index in [0.29, 0.717) is 6.54 Å². The van der Waals surface area contributed by atoms with Gasteiger partial charge in [-0.15, -0.1) is 0 Å². The van der Waals surface area contributed by atoms with Gasteiger partial charge in [-0.25, -0.2) is 13.1 Å². The van der Waals surface area contributed by atoms with Crippen LogP contribution >= 0.6 is 0 Å². The summed E-state index contributed by atoms with van der Waals surface area (Å²) in [4.78, 5) is 10.0. The average molecular weight is 195 g/mol. The second-order valence-electron chi connectivity index (χ2n) is 2.40. The Morgan fingerprint density at radius 3 is 2.50 bits per heavy atom. The molecular weight excluding hydrogens is 182 g/mol. The molecule has 0 rings (SSSR count). The quantitative estimate of drug-likeness (QED) is 0.574. The first kappa shape index (κ1) is 11.4. The Bertz CT molecular complexity index is 234. The smallest absolute Gasteiger partial charge is 0.320 e. The molecule has 0 aliphatic rings.